The molecule has 168 valence electrons. The third-order valence-corrected chi connectivity index (χ3v) is 6.86. The molecule has 1 N–H and O–H groups in total. The van der Waals surface area contributed by atoms with Gasteiger partial charge >= 0.3 is 5.97 Å². The zero-order valence-electron chi connectivity index (χ0n) is 17.3. The second-order valence-electron chi connectivity index (χ2n) is 7.99. The van der Waals surface area contributed by atoms with Crippen molar-refractivity contribution in [3.63, 3.8) is 0 Å². The fraction of sp³-hybridized carbons (Fsp3) is 0.391. The Labute approximate surface area is 188 Å². The van der Waals surface area contributed by atoms with Crippen LogP contribution in [-0.4, -0.2) is 41.7 Å². The number of hydrogen-bond acceptors (Lipinski definition) is 6. The van der Waals surface area contributed by atoms with E-state index in [1.165, 1.54) is 23.5 Å². The number of nitrogens with one attached hydrogen (secondary N) is 1. The number of nitrogens with zero attached hydrogens (tertiary/aromatic N) is 1. The smallest absolute Gasteiger partial charge is 0.326 e. The number of imide groups is 1. The van der Waals surface area contributed by atoms with Crippen LogP contribution >= 0.6 is 11.3 Å². The molecule has 3 amide bonds. The maximum atomic E-state index is 13.3. The fourth-order valence-electron chi connectivity index (χ4n) is 4.34. The van der Waals surface area contributed by atoms with Gasteiger partial charge in [0.1, 0.15) is 12.4 Å². The van der Waals surface area contributed by atoms with E-state index in [-0.39, 0.29) is 29.5 Å². The molecule has 0 spiro atoms. The fourth-order valence-corrected chi connectivity index (χ4v) is 5.14. The highest BCUT2D eigenvalue weighted by Gasteiger charge is 2.48. The topological polar surface area (TPSA) is 92.8 Å². The second-order valence-corrected chi connectivity index (χ2v) is 8.97. The van der Waals surface area contributed by atoms with Gasteiger partial charge < -0.3 is 10.1 Å². The van der Waals surface area contributed by atoms with Crippen molar-refractivity contribution in [1.29, 1.82) is 0 Å². The van der Waals surface area contributed by atoms with Crippen LogP contribution in [0.3, 0.4) is 0 Å². The molecule has 1 aliphatic carbocycles. The van der Waals surface area contributed by atoms with Gasteiger partial charge in [-0.25, -0.2) is 4.39 Å². The van der Waals surface area contributed by atoms with Crippen molar-refractivity contribution >= 4 is 35.0 Å². The van der Waals surface area contributed by atoms with Crippen LogP contribution in [0, 0.1) is 17.7 Å². The van der Waals surface area contributed by atoms with Gasteiger partial charge in [0.15, 0.2) is 6.61 Å². The van der Waals surface area contributed by atoms with Crippen LogP contribution in [0.5, 0.6) is 0 Å². The minimum atomic E-state index is -0.810. The quantitative estimate of drug-likeness (QED) is 0.509. The van der Waals surface area contributed by atoms with Crippen LogP contribution in [0.15, 0.2) is 41.8 Å². The predicted molar refractivity (Wildman–Crippen MR) is 114 cm³/mol. The summed E-state index contributed by atoms with van der Waals surface area (Å²) in [6, 6.07) is 8.94. The first kappa shape index (κ1) is 22.1. The van der Waals surface area contributed by atoms with E-state index in [1.807, 2.05) is 17.5 Å². The van der Waals surface area contributed by atoms with E-state index in [2.05, 4.69) is 5.32 Å². The van der Waals surface area contributed by atoms with Gasteiger partial charge in [0.2, 0.25) is 11.8 Å². The number of fused-ring (bicyclic) bond motifs is 1. The van der Waals surface area contributed by atoms with E-state index in [9.17, 15) is 23.6 Å². The average Bonchev–Trinajstić information content (AvgIpc) is 3.41. The number of rotatable bonds is 7. The Morgan fingerprint density at radius 2 is 1.75 bits per heavy atom. The van der Waals surface area contributed by atoms with Gasteiger partial charge in [-0.1, -0.05) is 31.0 Å². The molecule has 1 aromatic carbocycles. The van der Waals surface area contributed by atoms with Crippen molar-refractivity contribution in [2.75, 3.05) is 13.2 Å². The summed E-state index contributed by atoms with van der Waals surface area (Å²) in [7, 11) is 0. The lowest BCUT2D eigenvalue weighted by Crippen LogP contribution is -2.38. The van der Waals surface area contributed by atoms with Crippen molar-refractivity contribution in [3.05, 3.63) is 58.0 Å². The minimum Gasteiger partial charge on any atom is -0.454 e. The molecule has 1 saturated heterocycles. The molecule has 4 rings (SSSR count). The lowest BCUT2D eigenvalue weighted by molar-refractivity contribution is -0.155. The number of carbonyl (C=O) groups is 4. The van der Waals surface area contributed by atoms with E-state index in [0.29, 0.717) is 18.4 Å². The SMILES string of the molecule is O=C(COC(=O)CN1C(=O)C2CCCCC2C1=O)NC(c1ccc(F)cc1)c1cccs1. The highest BCUT2D eigenvalue weighted by molar-refractivity contribution is 7.10. The Bertz CT molecular complexity index is 984. The van der Waals surface area contributed by atoms with Crippen LogP contribution in [0.2, 0.25) is 0 Å². The Morgan fingerprint density at radius 3 is 2.34 bits per heavy atom. The molecule has 7 nitrogen and oxygen atoms in total. The molecular weight excluding hydrogens is 435 g/mol. The number of esters is 1. The predicted octanol–water partition coefficient (Wildman–Crippen LogP) is 2.81. The van der Waals surface area contributed by atoms with Crippen molar-refractivity contribution < 1.29 is 28.3 Å². The summed E-state index contributed by atoms with van der Waals surface area (Å²) in [5.74, 6) is -3.07. The van der Waals surface area contributed by atoms with Gasteiger partial charge in [-0.05, 0) is 42.0 Å². The first-order chi connectivity index (χ1) is 15.4. The maximum Gasteiger partial charge on any atom is 0.326 e. The van der Waals surface area contributed by atoms with E-state index in [1.54, 1.807) is 12.1 Å². The Morgan fingerprint density at radius 1 is 1.09 bits per heavy atom. The lowest BCUT2D eigenvalue weighted by atomic mass is 9.81. The second kappa shape index (κ2) is 9.60. The van der Waals surface area contributed by atoms with Gasteiger partial charge in [-0.2, -0.15) is 0 Å². The third-order valence-electron chi connectivity index (χ3n) is 5.92. The molecule has 32 heavy (non-hydrogen) atoms. The first-order valence-electron chi connectivity index (χ1n) is 10.5. The Hall–Kier alpha value is -3.07. The molecule has 1 aromatic heterocycles. The largest absolute Gasteiger partial charge is 0.454 e. The zero-order valence-corrected chi connectivity index (χ0v) is 18.1. The summed E-state index contributed by atoms with van der Waals surface area (Å²) in [5.41, 5.74) is 0.685. The van der Waals surface area contributed by atoms with Gasteiger partial charge in [-0.3, -0.25) is 24.1 Å². The van der Waals surface area contributed by atoms with Crippen molar-refractivity contribution in [1.82, 2.24) is 10.2 Å². The zero-order chi connectivity index (χ0) is 22.7. The van der Waals surface area contributed by atoms with Crippen LogP contribution in [0.1, 0.15) is 42.2 Å². The number of hydrogen-bond donors (Lipinski definition) is 1. The molecule has 2 fully saturated rings. The summed E-state index contributed by atoms with van der Waals surface area (Å²) in [4.78, 5) is 51.4. The summed E-state index contributed by atoms with van der Waals surface area (Å²) >= 11 is 1.43. The number of benzene rings is 1. The Balaban J connectivity index is 1.33. The monoisotopic (exact) mass is 458 g/mol. The van der Waals surface area contributed by atoms with E-state index >= 15 is 0 Å². The first-order valence-corrected chi connectivity index (χ1v) is 11.4. The van der Waals surface area contributed by atoms with E-state index in [0.717, 1.165) is 22.6 Å². The number of ether oxygens (including phenoxy) is 1. The van der Waals surface area contributed by atoms with E-state index in [4.69, 9.17) is 4.74 Å². The van der Waals surface area contributed by atoms with Crippen LogP contribution in [-0.2, 0) is 23.9 Å². The highest BCUT2D eigenvalue weighted by Crippen LogP contribution is 2.37. The molecule has 1 saturated carbocycles. The van der Waals surface area contributed by atoms with Gasteiger partial charge in [-0.15, -0.1) is 11.3 Å². The van der Waals surface area contributed by atoms with E-state index < -0.39 is 31.1 Å². The molecule has 2 aliphatic rings. The number of carbonyl (C=O) groups excluding carboxylic acids is 4. The molecule has 3 atom stereocenters. The maximum absolute atomic E-state index is 13.3. The van der Waals surface area contributed by atoms with Crippen molar-refractivity contribution in [2.45, 2.75) is 31.7 Å². The van der Waals surface area contributed by atoms with Gasteiger partial charge in [0, 0.05) is 4.88 Å². The average molecular weight is 459 g/mol. The minimum absolute atomic E-state index is 0.324. The van der Waals surface area contributed by atoms with Gasteiger partial charge in [0.05, 0.1) is 17.9 Å². The summed E-state index contributed by atoms with van der Waals surface area (Å²) < 4.78 is 18.3. The third kappa shape index (κ3) is 4.72. The molecule has 2 heterocycles. The molecule has 3 unspecified atom stereocenters. The molecule has 2 aromatic rings. The summed E-state index contributed by atoms with van der Waals surface area (Å²) in [6.45, 7) is -1.03. The summed E-state index contributed by atoms with van der Waals surface area (Å²) in [6.07, 6.45) is 3.13. The Kier molecular flexibility index (Phi) is 6.64. The molecule has 9 heteroatoms. The highest BCUT2D eigenvalue weighted by atomic mass is 32.1. The molecule has 1 aliphatic heterocycles. The van der Waals surface area contributed by atoms with Crippen molar-refractivity contribution in [2.24, 2.45) is 11.8 Å². The van der Waals surface area contributed by atoms with Gasteiger partial charge in [0.25, 0.3) is 5.91 Å². The normalized spacial score (nSPS) is 21.2. The van der Waals surface area contributed by atoms with Crippen molar-refractivity contribution in [3.8, 4) is 0 Å². The number of thiophene rings is 1. The number of likely N-dealkylation sites (tertiary alicyclic amines) is 1. The number of amides is 3. The lowest BCUT2D eigenvalue weighted by Gasteiger charge is -2.19. The number of halogens is 1. The van der Waals surface area contributed by atoms with Crippen LogP contribution in [0.25, 0.3) is 0 Å². The molecule has 0 bridgehead atoms. The van der Waals surface area contributed by atoms with Crippen LogP contribution in [0.4, 0.5) is 4.39 Å². The summed E-state index contributed by atoms with van der Waals surface area (Å²) in [5, 5.41) is 4.65. The van der Waals surface area contributed by atoms with Crippen LogP contribution < -0.4 is 5.32 Å². The molecular formula is C23H23FN2O5S. The standard InChI is InChI=1S/C23H23FN2O5S/c24-15-9-7-14(8-10-15)21(18-6-3-11-32-18)25-19(27)13-31-20(28)12-26-22(29)16-4-1-2-5-17(16)23(26)30/h3,6-11,16-17,21H,1-2,4-5,12-13H2,(H,25,27). The molecule has 0 radical (unpaired) electrons.